The number of hydrogen-bond donors (Lipinski definition) is 0. The van der Waals surface area contributed by atoms with Crippen LogP contribution in [0.5, 0.6) is 0 Å². The Morgan fingerprint density at radius 1 is 0.680 bits per heavy atom. The van der Waals surface area contributed by atoms with Gasteiger partial charge in [0.2, 0.25) is 0 Å². The van der Waals surface area contributed by atoms with E-state index in [1.165, 1.54) is 38.5 Å². The fourth-order valence-electron chi connectivity index (χ4n) is 2.96. The molecule has 3 heteroatoms. The Bertz CT molecular complexity index is 326. The highest BCUT2D eigenvalue weighted by Crippen LogP contribution is 2.30. The van der Waals surface area contributed by atoms with Crippen LogP contribution < -0.4 is 0 Å². The molecule has 0 aliphatic carbocycles. The molecule has 0 heterocycles. The second-order valence-electron chi connectivity index (χ2n) is 6.44. The van der Waals surface area contributed by atoms with Crippen molar-refractivity contribution in [2.75, 3.05) is 19.8 Å². The normalized spacial score (nSPS) is 12.7. The molecule has 1 unspecified atom stereocenters. The van der Waals surface area contributed by atoms with Crippen molar-refractivity contribution in [2.24, 2.45) is 5.92 Å². The standard InChI is InChI=1S/C22H42O3/c1-6-11-13-15-16-18-20-21(19-17-14-12-7-2)22(23-8-3,24-9-4)25-10-5/h21H,6-16,18,20H2,1-5H3. The first-order valence-electron chi connectivity index (χ1n) is 10.6. The van der Waals surface area contributed by atoms with Gasteiger partial charge in [-0.15, -0.1) is 5.92 Å². The average Bonchev–Trinajstić information content (AvgIpc) is 2.60. The van der Waals surface area contributed by atoms with E-state index in [1.807, 2.05) is 20.8 Å². The zero-order valence-electron chi connectivity index (χ0n) is 17.5. The molecule has 0 radical (unpaired) electrons. The molecule has 0 spiro atoms. The van der Waals surface area contributed by atoms with Gasteiger partial charge >= 0.3 is 0 Å². The van der Waals surface area contributed by atoms with Crippen LogP contribution >= 0.6 is 0 Å². The summed E-state index contributed by atoms with van der Waals surface area (Å²) in [6, 6.07) is 0. The Morgan fingerprint density at radius 3 is 1.72 bits per heavy atom. The lowest BCUT2D eigenvalue weighted by atomic mass is 9.97. The van der Waals surface area contributed by atoms with E-state index >= 15 is 0 Å². The first-order valence-corrected chi connectivity index (χ1v) is 10.6. The third kappa shape index (κ3) is 10.9. The van der Waals surface area contributed by atoms with E-state index < -0.39 is 5.97 Å². The van der Waals surface area contributed by atoms with E-state index in [2.05, 4.69) is 25.7 Å². The summed E-state index contributed by atoms with van der Waals surface area (Å²) >= 11 is 0. The van der Waals surface area contributed by atoms with Crippen LogP contribution in [-0.4, -0.2) is 25.8 Å². The van der Waals surface area contributed by atoms with Crippen LogP contribution in [0, 0.1) is 17.8 Å². The highest BCUT2D eigenvalue weighted by atomic mass is 16.9. The zero-order valence-corrected chi connectivity index (χ0v) is 17.5. The molecule has 1 atom stereocenters. The maximum Gasteiger partial charge on any atom is 0.297 e. The maximum absolute atomic E-state index is 5.98. The molecule has 25 heavy (non-hydrogen) atoms. The Kier molecular flexibility index (Phi) is 16.5. The van der Waals surface area contributed by atoms with E-state index in [0.29, 0.717) is 19.8 Å². The lowest BCUT2D eigenvalue weighted by molar-refractivity contribution is -0.394. The van der Waals surface area contributed by atoms with Crippen LogP contribution in [0.25, 0.3) is 0 Å². The van der Waals surface area contributed by atoms with Gasteiger partial charge in [0.05, 0.1) is 0 Å². The summed E-state index contributed by atoms with van der Waals surface area (Å²) < 4.78 is 17.9. The molecule has 148 valence electrons. The number of ether oxygens (including phenoxy) is 3. The minimum Gasteiger partial charge on any atom is -0.327 e. The maximum atomic E-state index is 5.98. The molecule has 0 aromatic carbocycles. The smallest absolute Gasteiger partial charge is 0.297 e. The summed E-state index contributed by atoms with van der Waals surface area (Å²) in [5, 5.41) is 0. The van der Waals surface area contributed by atoms with Crippen molar-refractivity contribution in [3.63, 3.8) is 0 Å². The van der Waals surface area contributed by atoms with Gasteiger partial charge in [-0.25, -0.2) is 0 Å². The van der Waals surface area contributed by atoms with Crippen LogP contribution in [0.1, 0.15) is 98.8 Å². The van der Waals surface area contributed by atoms with Gasteiger partial charge < -0.3 is 14.2 Å². The first-order chi connectivity index (χ1) is 12.2. The molecular formula is C22H42O3. The Labute approximate surface area is 157 Å². The Balaban J connectivity index is 4.96. The van der Waals surface area contributed by atoms with E-state index in [0.717, 1.165) is 25.7 Å². The van der Waals surface area contributed by atoms with Crippen LogP contribution in [-0.2, 0) is 14.2 Å². The first kappa shape index (κ1) is 24.4. The van der Waals surface area contributed by atoms with Gasteiger partial charge in [0.1, 0.15) is 5.92 Å². The fourth-order valence-corrected chi connectivity index (χ4v) is 2.96. The lowest BCUT2D eigenvalue weighted by Gasteiger charge is -2.36. The van der Waals surface area contributed by atoms with Crippen molar-refractivity contribution in [1.82, 2.24) is 0 Å². The fraction of sp³-hybridized carbons (Fsp3) is 0.909. The van der Waals surface area contributed by atoms with Gasteiger partial charge in [-0.2, -0.15) is 0 Å². The molecule has 3 nitrogen and oxygen atoms in total. The summed E-state index contributed by atoms with van der Waals surface area (Å²) in [6.45, 7) is 12.1. The van der Waals surface area contributed by atoms with Crippen molar-refractivity contribution in [3.8, 4) is 11.8 Å². The molecule has 0 saturated heterocycles. The van der Waals surface area contributed by atoms with Crippen LogP contribution in [0.3, 0.4) is 0 Å². The van der Waals surface area contributed by atoms with Crippen LogP contribution in [0.2, 0.25) is 0 Å². The Hall–Kier alpha value is -0.560. The summed E-state index contributed by atoms with van der Waals surface area (Å²) in [7, 11) is 0. The third-order valence-electron chi connectivity index (χ3n) is 4.24. The van der Waals surface area contributed by atoms with E-state index in [9.17, 15) is 0 Å². The van der Waals surface area contributed by atoms with Crippen molar-refractivity contribution >= 4 is 0 Å². The van der Waals surface area contributed by atoms with Crippen LogP contribution in [0.4, 0.5) is 0 Å². The van der Waals surface area contributed by atoms with Crippen molar-refractivity contribution < 1.29 is 14.2 Å². The molecule has 0 aromatic rings. The van der Waals surface area contributed by atoms with Gasteiger partial charge in [0.15, 0.2) is 0 Å². The second-order valence-corrected chi connectivity index (χ2v) is 6.44. The molecule has 0 rings (SSSR count). The van der Waals surface area contributed by atoms with E-state index in [-0.39, 0.29) is 5.92 Å². The quantitative estimate of drug-likeness (QED) is 0.185. The molecule has 0 amide bonds. The van der Waals surface area contributed by atoms with Crippen molar-refractivity contribution in [3.05, 3.63) is 0 Å². The van der Waals surface area contributed by atoms with Crippen molar-refractivity contribution in [2.45, 2.75) is 105 Å². The molecule has 0 fully saturated rings. The van der Waals surface area contributed by atoms with Crippen LogP contribution in [0.15, 0.2) is 0 Å². The highest BCUT2D eigenvalue weighted by Gasteiger charge is 2.41. The molecule has 0 saturated carbocycles. The molecule has 0 N–H and O–H groups in total. The second kappa shape index (κ2) is 16.9. The summed E-state index contributed by atoms with van der Waals surface area (Å²) in [5.74, 6) is 5.72. The summed E-state index contributed by atoms with van der Waals surface area (Å²) in [6.07, 6.45) is 11.8. The minimum absolute atomic E-state index is 0.0321. The van der Waals surface area contributed by atoms with Gasteiger partial charge in [0, 0.05) is 26.2 Å². The van der Waals surface area contributed by atoms with Crippen molar-refractivity contribution in [1.29, 1.82) is 0 Å². The highest BCUT2D eigenvalue weighted by molar-refractivity contribution is 5.06. The minimum atomic E-state index is -1.01. The lowest BCUT2D eigenvalue weighted by Crippen LogP contribution is -2.46. The topological polar surface area (TPSA) is 27.7 Å². The Morgan fingerprint density at radius 2 is 1.20 bits per heavy atom. The predicted molar refractivity (Wildman–Crippen MR) is 106 cm³/mol. The van der Waals surface area contributed by atoms with Gasteiger partial charge in [-0.1, -0.05) is 64.7 Å². The van der Waals surface area contributed by atoms with Gasteiger partial charge in [0.25, 0.3) is 5.97 Å². The van der Waals surface area contributed by atoms with Gasteiger partial charge in [-0.05, 0) is 33.6 Å². The van der Waals surface area contributed by atoms with E-state index in [4.69, 9.17) is 14.2 Å². The summed E-state index contributed by atoms with van der Waals surface area (Å²) in [4.78, 5) is 0. The summed E-state index contributed by atoms with van der Waals surface area (Å²) in [5.41, 5.74) is 0. The molecular weight excluding hydrogens is 312 g/mol. The number of rotatable bonds is 16. The largest absolute Gasteiger partial charge is 0.327 e. The monoisotopic (exact) mass is 354 g/mol. The average molecular weight is 355 g/mol. The number of unbranched alkanes of at least 4 members (excludes halogenated alkanes) is 7. The molecule has 0 bridgehead atoms. The predicted octanol–water partition coefficient (Wildman–Crippen LogP) is 6.31. The zero-order chi connectivity index (χ0) is 18.8. The third-order valence-corrected chi connectivity index (χ3v) is 4.24. The number of hydrogen-bond acceptors (Lipinski definition) is 3. The van der Waals surface area contributed by atoms with Gasteiger partial charge in [-0.3, -0.25) is 0 Å². The molecule has 0 aliphatic rings. The van der Waals surface area contributed by atoms with E-state index in [1.54, 1.807) is 0 Å². The SMILES string of the molecule is CCCCC#CC(CCCCCCCC)C(OCC)(OCC)OCC. The molecule has 0 aliphatic heterocycles. The molecule has 0 aromatic heterocycles.